The summed E-state index contributed by atoms with van der Waals surface area (Å²) in [4.78, 5) is 30.6. The second-order valence-corrected chi connectivity index (χ2v) is 11.5. The van der Waals surface area contributed by atoms with E-state index in [-0.39, 0.29) is 18.2 Å². The summed E-state index contributed by atoms with van der Waals surface area (Å²) < 4.78 is -1.12. The van der Waals surface area contributed by atoms with Gasteiger partial charge < -0.3 is 10.2 Å². The van der Waals surface area contributed by atoms with Crippen LogP contribution in [-0.2, 0) is 9.59 Å². The highest BCUT2D eigenvalue weighted by atomic mass is 35.5. The van der Waals surface area contributed by atoms with Crippen molar-refractivity contribution >= 4 is 52.5 Å². The zero-order chi connectivity index (χ0) is 27.1. The van der Waals surface area contributed by atoms with Crippen molar-refractivity contribution in [2.24, 2.45) is 0 Å². The number of hydrogen-bond donors (Lipinski definition) is 1. The molecule has 0 aromatic heterocycles. The van der Waals surface area contributed by atoms with Gasteiger partial charge in [0.25, 0.3) is 0 Å². The molecule has 1 aliphatic heterocycles. The molecule has 7 heteroatoms. The van der Waals surface area contributed by atoms with Crippen LogP contribution in [0.1, 0.15) is 36.9 Å². The SMILES string of the molecule is C/C=C\C=C/CCNC(=O)C1(Sc2ccc(C)cc2)CC(=O)N(c2ccc(Cl)cc2)C1c1ccc(Cl)cc1. The second-order valence-electron chi connectivity index (χ2n) is 9.17. The van der Waals surface area contributed by atoms with Gasteiger partial charge in [0.05, 0.1) is 12.5 Å². The Bertz CT molecular complexity index is 1320. The Kier molecular flexibility index (Phi) is 9.37. The van der Waals surface area contributed by atoms with Crippen LogP contribution in [0.4, 0.5) is 5.69 Å². The monoisotopic (exact) mass is 564 g/mol. The van der Waals surface area contributed by atoms with Gasteiger partial charge in [0.15, 0.2) is 0 Å². The molecule has 196 valence electrons. The number of aryl methyl sites for hydroxylation is 1. The Hall–Kier alpha value is -2.99. The molecule has 2 atom stereocenters. The lowest BCUT2D eigenvalue weighted by atomic mass is 9.91. The molecule has 4 nitrogen and oxygen atoms in total. The fraction of sp³-hybridized carbons (Fsp3) is 0.226. The van der Waals surface area contributed by atoms with Crippen LogP contribution in [-0.4, -0.2) is 23.1 Å². The normalized spacial score (nSPS) is 19.5. The van der Waals surface area contributed by atoms with E-state index in [1.807, 2.05) is 86.7 Å². The van der Waals surface area contributed by atoms with Crippen LogP contribution >= 0.6 is 35.0 Å². The Morgan fingerprint density at radius 1 is 1.00 bits per heavy atom. The van der Waals surface area contributed by atoms with Crippen molar-refractivity contribution in [3.8, 4) is 0 Å². The van der Waals surface area contributed by atoms with Crippen LogP contribution in [0.2, 0.25) is 10.0 Å². The van der Waals surface area contributed by atoms with Gasteiger partial charge >= 0.3 is 0 Å². The van der Waals surface area contributed by atoms with E-state index in [4.69, 9.17) is 23.2 Å². The minimum Gasteiger partial charge on any atom is -0.354 e. The molecule has 0 bridgehead atoms. The van der Waals surface area contributed by atoms with Crippen molar-refractivity contribution in [2.75, 3.05) is 11.4 Å². The molecule has 0 radical (unpaired) electrons. The average Bonchev–Trinajstić information content (AvgIpc) is 3.21. The number of thioether (sulfide) groups is 1. The van der Waals surface area contributed by atoms with E-state index in [9.17, 15) is 9.59 Å². The zero-order valence-electron chi connectivity index (χ0n) is 21.4. The first-order valence-corrected chi connectivity index (χ1v) is 14.1. The predicted octanol–water partition coefficient (Wildman–Crippen LogP) is 7.95. The quantitative estimate of drug-likeness (QED) is 0.212. The summed E-state index contributed by atoms with van der Waals surface area (Å²) in [5.74, 6) is -0.303. The predicted molar refractivity (Wildman–Crippen MR) is 159 cm³/mol. The average molecular weight is 566 g/mol. The molecule has 1 N–H and O–H groups in total. The fourth-order valence-electron chi connectivity index (χ4n) is 4.58. The number of hydrogen-bond acceptors (Lipinski definition) is 3. The molecule has 1 fully saturated rings. The van der Waals surface area contributed by atoms with Crippen LogP contribution in [0.25, 0.3) is 0 Å². The molecular weight excluding hydrogens is 535 g/mol. The number of benzene rings is 3. The van der Waals surface area contributed by atoms with Gasteiger partial charge in [-0.05, 0) is 74.4 Å². The van der Waals surface area contributed by atoms with E-state index in [2.05, 4.69) is 5.32 Å². The Balaban J connectivity index is 1.80. The number of amides is 2. The third-order valence-corrected chi connectivity index (χ3v) is 8.34. The maximum absolute atomic E-state index is 14.2. The molecule has 0 spiro atoms. The highest BCUT2D eigenvalue weighted by molar-refractivity contribution is 8.01. The zero-order valence-corrected chi connectivity index (χ0v) is 23.7. The van der Waals surface area contributed by atoms with Gasteiger partial charge in [-0.2, -0.15) is 0 Å². The lowest BCUT2D eigenvalue weighted by Crippen LogP contribution is -2.48. The summed E-state index contributed by atoms with van der Waals surface area (Å²) in [5.41, 5.74) is 2.64. The van der Waals surface area contributed by atoms with E-state index in [1.54, 1.807) is 29.2 Å². The van der Waals surface area contributed by atoms with Crippen LogP contribution < -0.4 is 10.2 Å². The van der Waals surface area contributed by atoms with Gasteiger partial charge in [0.1, 0.15) is 4.75 Å². The maximum Gasteiger partial charge on any atom is 0.239 e. The summed E-state index contributed by atoms with van der Waals surface area (Å²) >= 11 is 13.8. The van der Waals surface area contributed by atoms with Crippen LogP contribution in [0.5, 0.6) is 0 Å². The number of halogens is 2. The number of carbonyl (C=O) groups is 2. The molecule has 38 heavy (non-hydrogen) atoms. The summed E-state index contributed by atoms with van der Waals surface area (Å²) in [6.45, 7) is 4.44. The van der Waals surface area contributed by atoms with E-state index < -0.39 is 10.8 Å². The minimum atomic E-state index is -1.12. The smallest absolute Gasteiger partial charge is 0.239 e. The van der Waals surface area contributed by atoms with Crippen molar-refractivity contribution in [3.05, 3.63) is 118 Å². The van der Waals surface area contributed by atoms with Gasteiger partial charge in [-0.3, -0.25) is 9.59 Å². The van der Waals surface area contributed by atoms with E-state index in [1.165, 1.54) is 11.8 Å². The first kappa shape index (κ1) is 28.0. The largest absolute Gasteiger partial charge is 0.354 e. The van der Waals surface area contributed by atoms with Gasteiger partial charge in [0.2, 0.25) is 11.8 Å². The molecule has 0 saturated carbocycles. The van der Waals surface area contributed by atoms with Crippen LogP contribution in [0, 0.1) is 6.92 Å². The third kappa shape index (κ3) is 6.35. The second kappa shape index (κ2) is 12.7. The molecule has 0 aliphatic carbocycles. The molecule has 3 aromatic carbocycles. The van der Waals surface area contributed by atoms with Crippen molar-refractivity contribution < 1.29 is 9.59 Å². The van der Waals surface area contributed by atoms with Crippen LogP contribution in [0.15, 0.2) is 102 Å². The highest BCUT2D eigenvalue weighted by Gasteiger charge is 2.58. The van der Waals surface area contributed by atoms with Gasteiger partial charge in [-0.15, -0.1) is 11.8 Å². The molecular formula is C31H30Cl2N2O2S. The molecule has 1 aliphatic rings. The summed E-state index contributed by atoms with van der Waals surface area (Å²) in [5, 5.41) is 4.29. The summed E-state index contributed by atoms with van der Waals surface area (Å²) in [6.07, 6.45) is 8.60. The van der Waals surface area contributed by atoms with Crippen molar-refractivity contribution in [1.29, 1.82) is 0 Å². The highest BCUT2D eigenvalue weighted by Crippen LogP contribution is 2.54. The Morgan fingerprint density at radius 3 is 2.26 bits per heavy atom. The molecule has 2 amide bonds. The topological polar surface area (TPSA) is 49.4 Å². The maximum atomic E-state index is 14.2. The lowest BCUT2D eigenvalue weighted by Gasteiger charge is -2.36. The van der Waals surface area contributed by atoms with E-state index in [0.717, 1.165) is 16.0 Å². The first-order valence-electron chi connectivity index (χ1n) is 12.5. The fourth-order valence-corrected chi connectivity index (χ4v) is 6.24. The first-order chi connectivity index (χ1) is 18.3. The number of nitrogens with one attached hydrogen (secondary N) is 1. The number of anilines is 1. The molecule has 1 heterocycles. The Morgan fingerprint density at radius 2 is 1.63 bits per heavy atom. The van der Waals surface area contributed by atoms with Gasteiger partial charge in [-0.25, -0.2) is 0 Å². The third-order valence-electron chi connectivity index (χ3n) is 6.41. The molecule has 4 rings (SSSR count). The summed E-state index contributed by atoms with van der Waals surface area (Å²) in [6, 6.07) is 22.0. The minimum absolute atomic E-state index is 0.0434. The molecule has 1 saturated heterocycles. The number of carbonyl (C=O) groups excluding carboxylic acids is 2. The van der Waals surface area contributed by atoms with Crippen molar-refractivity contribution in [3.63, 3.8) is 0 Å². The van der Waals surface area contributed by atoms with Crippen molar-refractivity contribution in [2.45, 2.75) is 42.4 Å². The Labute approximate surface area is 238 Å². The number of rotatable bonds is 9. The van der Waals surface area contributed by atoms with E-state index in [0.29, 0.717) is 28.7 Å². The number of allylic oxidation sites excluding steroid dienone is 3. The van der Waals surface area contributed by atoms with Gasteiger partial charge in [-0.1, -0.05) is 77.3 Å². The standard InChI is InChI=1S/C31H30Cl2N2O2S/c1-3-4-5-6-7-20-34-30(37)31(38-27-18-8-22(2)9-19-27)21-28(36)35(26-16-14-25(33)15-17-26)29(31)23-10-12-24(32)13-11-23/h3-6,8-19,29H,7,20-21H2,1-2H3,(H,34,37)/b4-3-,6-5-. The molecule has 2 unspecified atom stereocenters. The summed E-state index contributed by atoms with van der Waals surface area (Å²) in [7, 11) is 0. The lowest BCUT2D eigenvalue weighted by molar-refractivity contribution is -0.125. The number of nitrogens with zero attached hydrogens (tertiary/aromatic N) is 1. The van der Waals surface area contributed by atoms with Gasteiger partial charge in [0, 0.05) is 27.2 Å². The molecule has 3 aromatic rings. The van der Waals surface area contributed by atoms with E-state index >= 15 is 0 Å². The van der Waals surface area contributed by atoms with Crippen LogP contribution in [0.3, 0.4) is 0 Å². The van der Waals surface area contributed by atoms with Crippen molar-refractivity contribution in [1.82, 2.24) is 5.32 Å².